The van der Waals surface area contributed by atoms with Crippen molar-refractivity contribution in [2.24, 2.45) is 0 Å². The van der Waals surface area contributed by atoms with Crippen LogP contribution >= 0.6 is 0 Å². The molecule has 1 aliphatic rings. The Bertz CT molecular complexity index is 161. The maximum absolute atomic E-state index is 3.94. The van der Waals surface area contributed by atoms with Gasteiger partial charge < -0.3 is 10.2 Å². The van der Waals surface area contributed by atoms with Gasteiger partial charge >= 0.3 is 0 Å². The fourth-order valence-corrected chi connectivity index (χ4v) is 1.47. The molecule has 0 unspecified atom stereocenters. The molecule has 0 amide bonds. The molecule has 0 radical (unpaired) electrons. The van der Waals surface area contributed by atoms with Crippen molar-refractivity contribution < 1.29 is 0 Å². The first-order chi connectivity index (χ1) is 5.01. The van der Waals surface area contributed by atoms with E-state index in [1.54, 1.807) is 0 Å². The summed E-state index contributed by atoms with van der Waals surface area (Å²) in [5, 5.41) is 3.46. The molecule has 2 nitrogen and oxygen atoms in total. The average molecular weight is 154 g/mol. The SMILES string of the molecule is C=C(C)N1CCNC(C)(C)C1. The minimum Gasteiger partial charge on any atom is -0.372 e. The predicted molar refractivity (Wildman–Crippen MR) is 48.5 cm³/mol. The first-order valence-electron chi connectivity index (χ1n) is 4.17. The number of rotatable bonds is 1. The molecule has 1 fully saturated rings. The zero-order valence-corrected chi connectivity index (χ0v) is 7.78. The lowest BCUT2D eigenvalue weighted by atomic mass is 10.0. The predicted octanol–water partition coefficient (Wildman–Crippen LogP) is 1.20. The van der Waals surface area contributed by atoms with Crippen LogP contribution < -0.4 is 5.32 Å². The van der Waals surface area contributed by atoms with E-state index in [9.17, 15) is 0 Å². The van der Waals surface area contributed by atoms with Crippen LogP contribution in [0.3, 0.4) is 0 Å². The molecule has 11 heavy (non-hydrogen) atoms. The zero-order valence-electron chi connectivity index (χ0n) is 7.78. The summed E-state index contributed by atoms with van der Waals surface area (Å²) in [6.45, 7) is 13.7. The highest BCUT2D eigenvalue weighted by Crippen LogP contribution is 2.13. The Labute approximate surface area is 69.3 Å². The van der Waals surface area contributed by atoms with E-state index in [1.165, 1.54) is 5.70 Å². The van der Waals surface area contributed by atoms with Gasteiger partial charge in [-0.15, -0.1) is 0 Å². The van der Waals surface area contributed by atoms with E-state index < -0.39 is 0 Å². The van der Waals surface area contributed by atoms with Gasteiger partial charge in [0.25, 0.3) is 0 Å². The number of nitrogens with one attached hydrogen (secondary N) is 1. The number of allylic oxidation sites excluding steroid dienone is 1. The van der Waals surface area contributed by atoms with Crippen LogP contribution in [0.25, 0.3) is 0 Å². The summed E-state index contributed by atoms with van der Waals surface area (Å²) in [5.74, 6) is 0. The summed E-state index contributed by atoms with van der Waals surface area (Å²) in [6, 6.07) is 0. The van der Waals surface area contributed by atoms with Gasteiger partial charge in [-0.1, -0.05) is 6.58 Å². The first kappa shape index (κ1) is 8.60. The quantitative estimate of drug-likeness (QED) is 0.610. The van der Waals surface area contributed by atoms with Gasteiger partial charge in [-0.25, -0.2) is 0 Å². The van der Waals surface area contributed by atoms with Crippen LogP contribution in [0.1, 0.15) is 20.8 Å². The summed E-state index contributed by atoms with van der Waals surface area (Å²) < 4.78 is 0. The maximum atomic E-state index is 3.94. The van der Waals surface area contributed by atoms with Crippen LogP contribution in [0.4, 0.5) is 0 Å². The summed E-state index contributed by atoms with van der Waals surface area (Å²) in [5.41, 5.74) is 1.43. The van der Waals surface area contributed by atoms with E-state index in [0.717, 1.165) is 19.6 Å². The zero-order chi connectivity index (χ0) is 8.48. The second-order valence-corrected chi connectivity index (χ2v) is 3.97. The van der Waals surface area contributed by atoms with Gasteiger partial charge in [-0.05, 0) is 20.8 Å². The summed E-state index contributed by atoms with van der Waals surface area (Å²) in [4.78, 5) is 2.33. The maximum Gasteiger partial charge on any atom is 0.0352 e. The monoisotopic (exact) mass is 154 g/mol. The van der Waals surface area contributed by atoms with E-state index in [2.05, 4.69) is 37.6 Å². The smallest absolute Gasteiger partial charge is 0.0352 e. The van der Waals surface area contributed by atoms with Gasteiger partial charge in [0.05, 0.1) is 0 Å². The van der Waals surface area contributed by atoms with Crippen LogP contribution in [0.2, 0.25) is 0 Å². The number of hydrogen-bond acceptors (Lipinski definition) is 2. The molecule has 0 atom stereocenters. The Morgan fingerprint density at radius 1 is 1.55 bits per heavy atom. The highest BCUT2D eigenvalue weighted by Gasteiger charge is 2.24. The molecule has 1 heterocycles. The Kier molecular flexibility index (Phi) is 2.23. The molecule has 64 valence electrons. The molecule has 0 aliphatic carbocycles. The molecule has 1 N–H and O–H groups in total. The van der Waals surface area contributed by atoms with Crippen molar-refractivity contribution in [2.75, 3.05) is 19.6 Å². The highest BCUT2D eigenvalue weighted by molar-refractivity contribution is 4.97. The van der Waals surface area contributed by atoms with E-state index >= 15 is 0 Å². The molecule has 0 spiro atoms. The van der Waals surface area contributed by atoms with Crippen molar-refractivity contribution >= 4 is 0 Å². The van der Waals surface area contributed by atoms with Crippen molar-refractivity contribution in [3.05, 3.63) is 12.3 Å². The summed E-state index contributed by atoms with van der Waals surface area (Å²) >= 11 is 0. The van der Waals surface area contributed by atoms with Crippen molar-refractivity contribution in [1.82, 2.24) is 10.2 Å². The minimum atomic E-state index is 0.247. The normalized spacial score (nSPS) is 23.4. The average Bonchev–Trinajstić information content (AvgIpc) is 1.85. The lowest BCUT2D eigenvalue weighted by molar-refractivity contribution is 0.192. The molecule has 0 bridgehead atoms. The van der Waals surface area contributed by atoms with E-state index in [-0.39, 0.29) is 5.54 Å². The lowest BCUT2D eigenvalue weighted by Crippen LogP contribution is -2.56. The molecule has 1 rings (SSSR count). The Hall–Kier alpha value is -0.500. The third-order valence-electron chi connectivity index (χ3n) is 2.11. The number of nitrogens with zero attached hydrogens (tertiary/aromatic N) is 1. The molecule has 0 aromatic rings. The van der Waals surface area contributed by atoms with Crippen LogP contribution in [-0.2, 0) is 0 Å². The largest absolute Gasteiger partial charge is 0.372 e. The van der Waals surface area contributed by atoms with Gasteiger partial charge in [0.15, 0.2) is 0 Å². The van der Waals surface area contributed by atoms with E-state index in [1.807, 2.05) is 0 Å². The molecular weight excluding hydrogens is 136 g/mol. The standard InChI is InChI=1S/C9H18N2/c1-8(2)11-6-5-10-9(3,4)7-11/h10H,1,5-7H2,2-4H3. The topological polar surface area (TPSA) is 15.3 Å². The Balaban J connectivity index is 2.53. The van der Waals surface area contributed by atoms with Gasteiger partial charge in [0, 0.05) is 30.9 Å². The Morgan fingerprint density at radius 3 is 2.55 bits per heavy atom. The van der Waals surface area contributed by atoms with Crippen molar-refractivity contribution in [2.45, 2.75) is 26.3 Å². The van der Waals surface area contributed by atoms with Crippen LogP contribution in [-0.4, -0.2) is 30.1 Å². The molecule has 0 aromatic heterocycles. The molecule has 0 aromatic carbocycles. The molecule has 2 heteroatoms. The van der Waals surface area contributed by atoms with Crippen LogP contribution in [0.5, 0.6) is 0 Å². The van der Waals surface area contributed by atoms with Gasteiger partial charge in [0.2, 0.25) is 0 Å². The fraction of sp³-hybridized carbons (Fsp3) is 0.778. The molecule has 0 saturated carbocycles. The van der Waals surface area contributed by atoms with Crippen molar-refractivity contribution in [3.63, 3.8) is 0 Å². The second-order valence-electron chi connectivity index (χ2n) is 3.97. The van der Waals surface area contributed by atoms with Gasteiger partial charge in [-0.3, -0.25) is 0 Å². The third kappa shape index (κ3) is 2.22. The molecular formula is C9H18N2. The van der Waals surface area contributed by atoms with Gasteiger partial charge in [-0.2, -0.15) is 0 Å². The van der Waals surface area contributed by atoms with Crippen molar-refractivity contribution in [1.29, 1.82) is 0 Å². The lowest BCUT2D eigenvalue weighted by Gasteiger charge is -2.40. The van der Waals surface area contributed by atoms with Crippen molar-refractivity contribution in [3.8, 4) is 0 Å². The second kappa shape index (κ2) is 2.86. The van der Waals surface area contributed by atoms with Crippen LogP contribution in [0.15, 0.2) is 12.3 Å². The fourth-order valence-electron chi connectivity index (χ4n) is 1.47. The first-order valence-corrected chi connectivity index (χ1v) is 4.17. The van der Waals surface area contributed by atoms with Crippen LogP contribution in [0, 0.1) is 0 Å². The third-order valence-corrected chi connectivity index (χ3v) is 2.11. The molecule has 1 saturated heterocycles. The number of hydrogen-bond donors (Lipinski definition) is 1. The Morgan fingerprint density at radius 2 is 2.18 bits per heavy atom. The summed E-state index contributed by atoms with van der Waals surface area (Å²) in [7, 11) is 0. The summed E-state index contributed by atoms with van der Waals surface area (Å²) in [6.07, 6.45) is 0. The minimum absolute atomic E-state index is 0.247. The molecule has 1 aliphatic heterocycles. The van der Waals surface area contributed by atoms with E-state index in [4.69, 9.17) is 0 Å². The van der Waals surface area contributed by atoms with E-state index in [0.29, 0.717) is 0 Å². The highest BCUT2D eigenvalue weighted by atomic mass is 15.2. The van der Waals surface area contributed by atoms with Gasteiger partial charge in [0.1, 0.15) is 0 Å². The number of piperazine rings is 1.